The SMILES string of the molecule is C[C@@H]1Oc2cscc2O[C@@H]1C. The van der Waals surface area contributed by atoms with Crippen molar-refractivity contribution in [3.8, 4) is 11.5 Å². The van der Waals surface area contributed by atoms with E-state index < -0.39 is 0 Å². The Kier molecular flexibility index (Phi) is 1.53. The van der Waals surface area contributed by atoms with Crippen LogP contribution in [0.15, 0.2) is 10.8 Å². The highest BCUT2D eigenvalue weighted by atomic mass is 32.1. The van der Waals surface area contributed by atoms with Crippen LogP contribution in [0.1, 0.15) is 13.8 Å². The third-order valence-electron chi connectivity index (χ3n) is 1.88. The fourth-order valence-corrected chi connectivity index (χ4v) is 1.70. The molecular weight excluding hydrogens is 160 g/mol. The Hall–Kier alpha value is -0.700. The second-order valence-electron chi connectivity index (χ2n) is 2.75. The molecule has 0 saturated carbocycles. The second kappa shape index (κ2) is 2.41. The molecule has 0 saturated heterocycles. The lowest BCUT2D eigenvalue weighted by atomic mass is 10.2. The van der Waals surface area contributed by atoms with Crippen molar-refractivity contribution in [2.24, 2.45) is 0 Å². The van der Waals surface area contributed by atoms with E-state index in [1.54, 1.807) is 11.3 Å². The molecule has 0 bridgehead atoms. The predicted molar refractivity (Wildman–Crippen MR) is 44.5 cm³/mol. The summed E-state index contributed by atoms with van der Waals surface area (Å²) >= 11 is 1.61. The van der Waals surface area contributed by atoms with Gasteiger partial charge in [0.2, 0.25) is 0 Å². The predicted octanol–water partition coefficient (Wildman–Crippen LogP) is 2.30. The molecule has 1 aromatic rings. The molecule has 0 N–H and O–H groups in total. The monoisotopic (exact) mass is 170 g/mol. The molecule has 2 heterocycles. The van der Waals surface area contributed by atoms with E-state index in [4.69, 9.17) is 9.47 Å². The van der Waals surface area contributed by atoms with Crippen molar-refractivity contribution in [2.75, 3.05) is 0 Å². The average Bonchev–Trinajstić information content (AvgIpc) is 2.36. The molecule has 0 radical (unpaired) electrons. The quantitative estimate of drug-likeness (QED) is 0.594. The largest absolute Gasteiger partial charge is 0.482 e. The highest BCUT2D eigenvalue weighted by molar-refractivity contribution is 7.08. The number of thiophene rings is 1. The van der Waals surface area contributed by atoms with Crippen molar-refractivity contribution in [2.45, 2.75) is 26.1 Å². The Balaban J connectivity index is 2.30. The zero-order chi connectivity index (χ0) is 7.84. The maximum Gasteiger partial charge on any atom is 0.172 e. The molecule has 2 rings (SSSR count). The highest BCUT2D eigenvalue weighted by Gasteiger charge is 2.24. The molecule has 2 atom stereocenters. The molecule has 1 aliphatic rings. The summed E-state index contributed by atoms with van der Waals surface area (Å²) in [4.78, 5) is 0. The van der Waals surface area contributed by atoms with Gasteiger partial charge in [-0.2, -0.15) is 0 Å². The Morgan fingerprint density at radius 1 is 1.09 bits per heavy atom. The van der Waals surface area contributed by atoms with E-state index in [0.717, 1.165) is 11.5 Å². The second-order valence-corrected chi connectivity index (χ2v) is 3.49. The molecule has 1 aliphatic heterocycles. The standard InChI is InChI=1S/C8H10O2S/c1-5-6(2)10-8-4-11-3-7(8)9-5/h3-6H,1-2H3/t5-,6+. The minimum atomic E-state index is 0.164. The first kappa shape index (κ1) is 6.98. The molecule has 60 valence electrons. The Morgan fingerprint density at radius 3 is 2.00 bits per heavy atom. The van der Waals surface area contributed by atoms with Gasteiger partial charge in [0.05, 0.1) is 0 Å². The zero-order valence-electron chi connectivity index (χ0n) is 6.53. The van der Waals surface area contributed by atoms with Crippen molar-refractivity contribution in [3.63, 3.8) is 0 Å². The summed E-state index contributed by atoms with van der Waals surface area (Å²) in [6.07, 6.45) is 0.328. The van der Waals surface area contributed by atoms with Crippen LogP contribution in [0, 0.1) is 0 Å². The van der Waals surface area contributed by atoms with Crippen LogP contribution in [0.25, 0.3) is 0 Å². The summed E-state index contributed by atoms with van der Waals surface area (Å²) in [5.41, 5.74) is 0. The van der Waals surface area contributed by atoms with Gasteiger partial charge in [0, 0.05) is 10.8 Å². The van der Waals surface area contributed by atoms with Crippen LogP contribution < -0.4 is 9.47 Å². The minimum Gasteiger partial charge on any atom is -0.482 e. The first-order chi connectivity index (χ1) is 5.27. The minimum absolute atomic E-state index is 0.164. The first-order valence-electron chi connectivity index (χ1n) is 3.67. The van der Waals surface area contributed by atoms with Crippen LogP contribution in [0.2, 0.25) is 0 Å². The zero-order valence-corrected chi connectivity index (χ0v) is 7.35. The summed E-state index contributed by atoms with van der Waals surface area (Å²) in [5, 5.41) is 3.94. The van der Waals surface area contributed by atoms with E-state index in [0.29, 0.717) is 0 Å². The van der Waals surface area contributed by atoms with Crippen molar-refractivity contribution in [1.29, 1.82) is 0 Å². The Morgan fingerprint density at radius 2 is 1.55 bits per heavy atom. The van der Waals surface area contributed by atoms with Crippen molar-refractivity contribution in [1.82, 2.24) is 0 Å². The van der Waals surface area contributed by atoms with Gasteiger partial charge >= 0.3 is 0 Å². The van der Waals surface area contributed by atoms with E-state index >= 15 is 0 Å². The molecule has 0 unspecified atom stereocenters. The summed E-state index contributed by atoms with van der Waals surface area (Å²) in [6.45, 7) is 4.04. The van der Waals surface area contributed by atoms with Gasteiger partial charge in [0.1, 0.15) is 12.2 Å². The smallest absolute Gasteiger partial charge is 0.172 e. The summed E-state index contributed by atoms with van der Waals surface area (Å²) in [5.74, 6) is 1.78. The third-order valence-corrected chi connectivity index (χ3v) is 2.58. The van der Waals surface area contributed by atoms with Gasteiger partial charge in [-0.15, -0.1) is 11.3 Å². The maximum atomic E-state index is 5.57. The van der Waals surface area contributed by atoms with Crippen LogP contribution in [-0.2, 0) is 0 Å². The van der Waals surface area contributed by atoms with Gasteiger partial charge in [-0.25, -0.2) is 0 Å². The molecule has 0 aromatic carbocycles. The highest BCUT2D eigenvalue weighted by Crippen LogP contribution is 2.36. The Bertz CT molecular complexity index is 232. The molecule has 0 spiro atoms. The van der Waals surface area contributed by atoms with Crippen LogP contribution in [-0.4, -0.2) is 12.2 Å². The van der Waals surface area contributed by atoms with Gasteiger partial charge in [0.15, 0.2) is 11.5 Å². The van der Waals surface area contributed by atoms with E-state index in [1.807, 2.05) is 24.6 Å². The fourth-order valence-electron chi connectivity index (χ4n) is 1.04. The molecule has 3 heteroatoms. The van der Waals surface area contributed by atoms with Crippen molar-refractivity contribution >= 4 is 11.3 Å². The molecule has 11 heavy (non-hydrogen) atoms. The summed E-state index contributed by atoms with van der Waals surface area (Å²) in [7, 11) is 0. The van der Waals surface area contributed by atoms with Gasteiger partial charge in [-0.1, -0.05) is 0 Å². The van der Waals surface area contributed by atoms with Crippen molar-refractivity contribution in [3.05, 3.63) is 10.8 Å². The number of fused-ring (bicyclic) bond motifs is 1. The van der Waals surface area contributed by atoms with Crippen LogP contribution in [0.5, 0.6) is 11.5 Å². The third kappa shape index (κ3) is 1.09. The van der Waals surface area contributed by atoms with Crippen LogP contribution in [0.4, 0.5) is 0 Å². The van der Waals surface area contributed by atoms with Crippen LogP contribution in [0.3, 0.4) is 0 Å². The molecule has 2 nitrogen and oxygen atoms in total. The normalized spacial score (nSPS) is 28.5. The molecule has 0 amide bonds. The maximum absolute atomic E-state index is 5.57. The first-order valence-corrected chi connectivity index (χ1v) is 4.61. The molecule has 0 fully saturated rings. The van der Waals surface area contributed by atoms with Gasteiger partial charge in [0.25, 0.3) is 0 Å². The molecule has 0 aliphatic carbocycles. The summed E-state index contributed by atoms with van der Waals surface area (Å²) in [6, 6.07) is 0. The van der Waals surface area contributed by atoms with E-state index in [-0.39, 0.29) is 12.2 Å². The lowest BCUT2D eigenvalue weighted by Crippen LogP contribution is -2.34. The molecular formula is C8H10O2S. The summed E-state index contributed by atoms with van der Waals surface area (Å²) < 4.78 is 11.1. The lowest BCUT2D eigenvalue weighted by Gasteiger charge is -2.27. The average molecular weight is 170 g/mol. The van der Waals surface area contributed by atoms with E-state index in [1.165, 1.54) is 0 Å². The fraction of sp³-hybridized carbons (Fsp3) is 0.500. The van der Waals surface area contributed by atoms with Gasteiger partial charge in [-0.3, -0.25) is 0 Å². The van der Waals surface area contributed by atoms with Gasteiger partial charge in [-0.05, 0) is 13.8 Å². The Labute approximate surface area is 69.8 Å². The number of hydrogen-bond acceptors (Lipinski definition) is 3. The number of hydrogen-bond donors (Lipinski definition) is 0. The van der Waals surface area contributed by atoms with E-state index in [2.05, 4.69) is 0 Å². The molecule has 1 aromatic heterocycles. The van der Waals surface area contributed by atoms with E-state index in [9.17, 15) is 0 Å². The van der Waals surface area contributed by atoms with Crippen LogP contribution >= 0.6 is 11.3 Å². The number of rotatable bonds is 0. The number of ether oxygens (including phenoxy) is 2. The lowest BCUT2D eigenvalue weighted by molar-refractivity contribution is 0.0442. The van der Waals surface area contributed by atoms with Crippen molar-refractivity contribution < 1.29 is 9.47 Å². The topological polar surface area (TPSA) is 18.5 Å². The van der Waals surface area contributed by atoms with Gasteiger partial charge < -0.3 is 9.47 Å².